The van der Waals surface area contributed by atoms with Crippen LogP contribution in [0.3, 0.4) is 0 Å². The zero-order chi connectivity index (χ0) is 16.8. The van der Waals surface area contributed by atoms with E-state index in [0.29, 0.717) is 6.54 Å². The fourth-order valence-corrected chi connectivity index (χ4v) is 3.19. The van der Waals surface area contributed by atoms with Crippen LogP contribution in [0.2, 0.25) is 0 Å². The summed E-state index contributed by atoms with van der Waals surface area (Å²) in [4.78, 5) is 25.2. The number of amides is 2. The van der Waals surface area contributed by atoms with Crippen LogP contribution >= 0.6 is 11.3 Å². The molecule has 1 atom stereocenters. The summed E-state index contributed by atoms with van der Waals surface area (Å²) < 4.78 is 0. The summed E-state index contributed by atoms with van der Waals surface area (Å²) in [5.41, 5.74) is 1.09. The van der Waals surface area contributed by atoms with E-state index in [4.69, 9.17) is 5.11 Å². The number of hydrogen-bond donors (Lipinski definition) is 3. The van der Waals surface area contributed by atoms with Crippen LogP contribution in [-0.4, -0.2) is 23.1 Å². The first kappa shape index (κ1) is 17.0. The van der Waals surface area contributed by atoms with Gasteiger partial charge >= 0.3 is 12.0 Å². The van der Waals surface area contributed by atoms with Crippen LogP contribution in [0.25, 0.3) is 0 Å². The lowest BCUT2D eigenvalue weighted by Crippen LogP contribution is -2.41. The summed E-state index contributed by atoms with van der Waals surface area (Å²) in [5, 5.41) is 14.5. The predicted molar refractivity (Wildman–Crippen MR) is 91.0 cm³/mol. The van der Waals surface area contributed by atoms with Gasteiger partial charge < -0.3 is 15.7 Å². The summed E-state index contributed by atoms with van der Waals surface area (Å²) in [7, 11) is 0. The molecule has 2 rings (SSSR count). The molecule has 1 unspecified atom stereocenters. The Labute approximate surface area is 139 Å². The molecule has 23 heavy (non-hydrogen) atoms. The van der Waals surface area contributed by atoms with Gasteiger partial charge in [0.1, 0.15) is 0 Å². The van der Waals surface area contributed by atoms with E-state index in [1.807, 2.05) is 6.92 Å². The lowest BCUT2D eigenvalue weighted by molar-refractivity contribution is 0.0697. The van der Waals surface area contributed by atoms with E-state index in [2.05, 4.69) is 29.7 Å². The molecule has 122 valence electrons. The summed E-state index contributed by atoms with van der Waals surface area (Å²) in [6, 6.07) is 10.4. The fraction of sp³-hybridized carbons (Fsp3) is 0.294. The third kappa shape index (κ3) is 5.41. The lowest BCUT2D eigenvalue weighted by Gasteiger charge is -2.14. The van der Waals surface area contributed by atoms with E-state index in [-0.39, 0.29) is 17.6 Å². The van der Waals surface area contributed by atoms with Crippen molar-refractivity contribution in [3.05, 3.63) is 57.3 Å². The molecule has 0 spiro atoms. The van der Waals surface area contributed by atoms with Gasteiger partial charge in [0, 0.05) is 28.8 Å². The molecule has 1 aromatic heterocycles. The van der Waals surface area contributed by atoms with Crippen molar-refractivity contribution in [2.75, 3.05) is 0 Å². The number of carboxylic acid groups (broad SMARTS) is 1. The van der Waals surface area contributed by atoms with E-state index < -0.39 is 5.97 Å². The molecule has 2 aromatic rings. The van der Waals surface area contributed by atoms with Crippen LogP contribution in [0, 0.1) is 6.92 Å². The zero-order valence-corrected chi connectivity index (χ0v) is 13.9. The van der Waals surface area contributed by atoms with Crippen molar-refractivity contribution in [2.24, 2.45) is 0 Å². The molecule has 0 radical (unpaired) electrons. The minimum Gasteiger partial charge on any atom is -0.478 e. The van der Waals surface area contributed by atoms with Gasteiger partial charge in [0.2, 0.25) is 0 Å². The van der Waals surface area contributed by atoms with E-state index in [1.165, 1.54) is 21.9 Å². The van der Waals surface area contributed by atoms with E-state index in [1.54, 1.807) is 23.5 Å². The van der Waals surface area contributed by atoms with E-state index in [9.17, 15) is 9.59 Å². The topological polar surface area (TPSA) is 78.4 Å². The van der Waals surface area contributed by atoms with Crippen LogP contribution in [-0.2, 0) is 13.0 Å². The third-order valence-electron chi connectivity index (χ3n) is 3.33. The highest BCUT2D eigenvalue weighted by Crippen LogP contribution is 2.16. The highest BCUT2D eigenvalue weighted by atomic mass is 32.1. The van der Waals surface area contributed by atoms with Crippen LogP contribution in [0.15, 0.2) is 36.4 Å². The van der Waals surface area contributed by atoms with Gasteiger partial charge in [-0.15, -0.1) is 11.3 Å². The zero-order valence-electron chi connectivity index (χ0n) is 13.1. The van der Waals surface area contributed by atoms with E-state index >= 15 is 0 Å². The average Bonchev–Trinajstić information content (AvgIpc) is 2.90. The lowest BCUT2D eigenvalue weighted by atomic mass is 10.1. The number of aryl methyl sites for hydroxylation is 1. The molecule has 0 aliphatic heterocycles. The standard InChI is InChI=1S/C17H20N2O3S/c1-11(9-15-8-3-12(2)23-15)19-17(22)18-10-13-4-6-14(7-5-13)16(20)21/h3-8,11H,9-10H2,1-2H3,(H,20,21)(H2,18,19,22). The first-order chi connectivity index (χ1) is 10.9. The number of rotatable bonds is 6. The Morgan fingerprint density at radius 3 is 2.43 bits per heavy atom. The number of benzene rings is 1. The van der Waals surface area contributed by atoms with Gasteiger partial charge in [-0.25, -0.2) is 9.59 Å². The van der Waals surface area contributed by atoms with Crippen molar-refractivity contribution in [2.45, 2.75) is 32.9 Å². The van der Waals surface area contributed by atoms with Gasteiger partial charge in [0.05, 0.1) is 5.56 Å². The first-order valence-corrected chi connectivity index (χ1v) is 8.17. The molecule has 0 saturated carbocycles. The maximum atomic E-state index is 11.9. The monoisotopic (exact) mass is 332 g/mol. The molecule has 0 fully saturated rings. The number of carboxylic acids is 1. The summed E-state index contributed by atoms with van der Waals surface area (Å²) in [5.74, 6) is -0.958. The van der Waals surface area contributed by atoms with Crippen molar-refractivity contribution in [3.8, 4) is 0 Å². The molecule has 2 amide bonds. The molecule has 6 heteroatoms. The SMILES string of the molecule is Cc1ccc(CC(C)NC(=O)NCc2ccc(C(=O)O)cc2)s1. The van der Waals surface area contributed by atoms with Crippen LogP contribution < -0.4 is 10.6 Å². The molecule has 3 N–H and O–H groups in total. The van der Waals surface area contributed by atoms with Crippen molar-refractivity contribution in [3.63, 3.8) is 0 Å². The Balaban J connectivity index is 1.76. The van der Waals surface area contributed by atoms with Crippen LogP contribution in [0.4, 0.5) is 4.79 Å². The second-order valence-electron chi connectivity index (χ2n) is 5.45. The molecule has 0 aliphatic rings. The minimum absolute atomic E-state index is 0.0439. The number of nitrogens with one attached hydrogen (secondary N) is 2. The van der Waals surface area contributed by atoms with Gasteiger partial charge in [-0.05, 0) is 43.7 Å². The number of carbonyl (C=O) groups excluding carboxylic acids is 1. The number of aromatic carboxylic acids is 1. The molecular weight excluding hydrogens is 312 g/mol. The quantitative estimate of drug-likeness (QED) is 0.760. The normalized spacial score (nSPS) is 11.7. The van der Waals surface area contributed by atoms with Crippen molar-refractivity contribution < 1.29 is 14.7 Å². The molecule has 5 nitrogen and oxygen atoms in total. The van der Waals surface area contributed by atoms with Gasteiger partial charge in [0.15, 0.2) is 0 Å². The van der Waals surface area contributed by atoms with Crippen LogP contribution in [0.1, 0.15) is 32.6 Å². The maximum Gasteiger partial charge on any atom is 0.335 e. The Morgan fingerprint density at radius 1 is 1.17 bits per heavy atom. The largest absolute Gasteiger partial charge is 0.478 e. The van der Waals surface area contributed by atoms with Crippen molar-refractivity contribution >= 4 is 23.3 Å². The molecule has 0 bridgehead atoms. The molecule has 1 heterocycles. The highest BCUT2D eigenvalue weighted by molar-refractivity contribution is 7.11. The maximum absolute atomic E-state index is 11.9. The number of hydrogen-bond acceptors (Lipinski definition) is 3. The number of carbonyl (C=O) groups is 2. The molecule has 0 saturated heterocycles. The minimum atomic E-state index is -0.958. The Bertz CT molecular complexity index is 679. The highest BCUT2D eigenvalue weighted by Gasteiger charge is 2.09. The van der Waals surface area contributed by atoms with Gasteiger partial charge in [-0.2, -0.15) is 0 Å². The Morgan fingerprint density at radius 2 is 1.87 bits per heavy atom. The van der Waals surface area contributed by atoms with Crippen LogP contribution in [0.5, 0.6) is 0 Å². The summed E-state index contributed by atoms with van der Waals surface area (Å²) in [6.45, 7) is 4.39. The second-order valence-corrected chi connectivity index (χ2v) is 6.82. The number of urea groups is 1. The molecule has 1 aromatic carbocycles. The van der Waals surface area contributed by atoms with Crippen molar-refractivity contribution in [1.29, 1.82) is 0 Å². The second kappa shape index (κ2) is 7.78. The van der Waals surface area contributed by atoms with Gasteiger partial charge in [0.25, 0.3) is 0 Å². The summed E-state index contributed by atoms with van der Waals surface area (Å²) in [6.07, 6.45) is 0.805. The molecular formula is C17H20N2O3S. The predicted octanol–water partition coefficient (Wildman–Crippen LogP) is 3.19. The van der Waals surface area contributed by atoms with Crippen molar-refractivity contribution in [1.82, 2.24) is 10.6 Å². The smallest absolute Gasteiger partial charge is 0.335 e. The summed E-state index contributed by atoms with van der Waals surface area (Å²) >= 11 is 1.74. The third-order valence-corrected chi connectivity index (χ3v) is 4.36. The van der Waals surface area contributed by atoms with Gasteiger partial charge in [-0.1, -0.05) is 12.1 Å². The Kier molecular flexibility index (Phi) is 5.76. The number of thiophene rings is 1. The van der Waals surface area contributed by atoms with Gasteiger partial charge in [-0.3, -0.25) is 0 Å². The average molecular weight is 332 g/mol. The van der Waals surface area contributed by atoms with E-state index in [0.717, 1.165) is 12.0 Å². The Hall–Kier alpha value is -2.34. The fourth-order valence-electron chi connectivity index (χ4n) is 2.17. The first-order valence-electron chi connectivity index (χ1n) is 7.36. The molecule has 0 aliphatic carbocycles.